The predicted octanol–water partition coefficient (Wildman–Crippen LogP) is 6.12. The number of hydrogen-bond donors (Lipinski definition) is 0. The summed E-state index contributed by atoms with van der Waals surface area (Å²) in [4.78, 5) is 6.95. The standard InChI is InChI=1S/C22H25ClN2O/c1-6-25-20-12-21(26-5)16(11-17(20)15(2)13-22(25,3)4)14-24-19-10-8-7-9-18(19)23/h7-14H,6H2,1-5H3. The number of methoxy groups -OCH3 is 1. The molecular weight excluding hydrogens is 344 g/mol. The fourth-order valence-electron chi connectivity index (χ4n) is 3.67. The van der Waals surface area contributed by atoms with Crippen molar-refractivity contribution < 1.29 is 4.74 Å². The van der Waals surface area contributed by atoms with E-state index in [1.165, 1.54) is 16.8 Å². The molecule has 2 aromatic rings. The molecule has 0 saturated heterocycles. The van der Waals surface area contributed by atoms with Gasteiger partial charge in [0, 0.05) is 35.6 Å². The van der Waals surface area contributed by atoms with Crippen LogP contribution in [0.4, 0.5) is 11.4 Å². The molecule has 0 atom stereocenters. The van der Waals surface area contributed by atoms with Gasteiger partial charge in [0.05, 0.1) is 23.4 Å². The molecule has 3 nitrogen and oxygen atoms in total. The molecule has 1 aliphatic heterocycles. The highest BCUT2D eigenvalue weighted by Crippen LogP contribution is 2.41. The molecule has 0 aromatic heterocycles. The Morgan fingerprint density at radius 3 is 2.62 bits per heavy atom. The second kappa shape index (κ2) is 7.16. The van der Waals surface area contributed by atoms with E-state index in [0.717, 1.165) is 23.5 Å². The normalized spacial score (nSPS) is 15.8. The number of ether oxygens (including phenoxy) is 1. The summed E-state index contributed by atoms with van der Waals surface area (Å²) >= 11 is 6.21. The first-order valence-electron chi connectivity index (χ1n) is 8.85. The van der Waals surface area contributed by atoms with E-state index in [-0.39, 0.29) is 5.54 Å². The lowest BCUT2D eigenvalue weighted by atomic mass is 9.88. The summed E-state index contributed by atoms with van der Waals surface area (Å²) < 4.78 is 5.66. The molecule has 0 spiro atoms. The van der Waals surface area contributed by atoms with E-state index in [0.29, 0.717) is 5.02 Å². The SMILES string of the molecule is CCN1c2cc(OC)c(C=Nc3ccccc3Cl)cc2C(C)=CC1(C)C. The summed E-state index contributed by atoms with van der Waals surface area (Å²) in [6.07, 6.45) is 4.14. The Balaban J connectivity index is 2.09. The zero-order valence-electron chi connectivity index (χ0n) is 16.0. The average molecular weight is 369 g/mol. The second-order valence-electron chi connectivity index (χ2n) is 7.05. The summed E-state index contributed by atoms with van der Waals surface area (Å²) in [5, 5.41) is 0.635. The minimum atomic E-state index is -0.0238. The number of rotatable bonds is 4. The molecule has 0 unspecified atom stereocenters. The quantitative estimate of drug-likeness (QED) is 0.607. The largest absolute Gasteiger partial charge is 0.496 e. The molecule has 1 heterocycles. The number of allylic oxidation sites excluding steroid dienone is 1. The number of para-hydroxylation sites is 1. The molecule has 0 amide bonds. The number of halogens is 1. The molecule has 2 aromatic carbocycles. The van der Waals surface area contributed by atoms with E-state index in [1.807, 2.05) is 30.5 Å². The maximum absolute atomic E-state index is 6.21. The van der Waals surface area contributed by atoms with Crippen molar-refractivity contribution in [2.75, 3.05) is 18.6 Å². The molecule has 26 heavy (non-hydrogen) atoms. The third kappa shape index (κ3) is 3.36. The molecule has 4 heteroatoms. The van der Waals surface area contributed by atoms with E-state index >= 15 is 0 Å². The summed E-state index contributed by atoms with van der Waals surface area (Å²) in [6.45, 7) is 9.75. The van der Waals surface area contributed by atoms with Gasteiger partial charge in [-0.3, -0.25) is 4.99 Å². The highest BCUT2D eigenvalue weighted by atomic mass is 35.5. The van der Waals surface area contributed by atoms with Crippen molar-refractivity contribution in [3.63, 3.8) is 0 Å². The Hall–Kier alpha value is -2.26. The molecule has 0 radical (unpaired) electrons. The molecule has 0 N–H and O–H groups in total. The first-order chi connectivity index (χ1) is 12.4. The lowest BCUT2D eigenvalue weighted by molar-refractivity contribution is 0.413. The van der Waals surface area contributed by atoms with Crippen molar-refractivity contribution in [1.82, 2.24) is 0 Å². The summed E-state index contributed by atoms with van der Waals surface area (Å²) in [5.74, 6) is 0.809. The van der Waals surface area contributed by atoms with Gasteiger partial charge in [0.1, 0.15) is 5.75 Å². The molecule has 136 valence electrons. The zero-order valence-corrected chi connectivity index (χ0v) is 16.8. The highest BCUT2D eigenvalue weighted by molar-refractivity contribution is 6.33. The van der Waals surface area contributed by atoms with Gasteiger partial charge in [0.25, 0.3) is 0 Å². The third-order valence-corrected chi connectivity index (χ3v) is 5.16. The van der Waals surface area contributed by atoms with E-state index in [9.17, 15) is 0 Å². The van der Waals surface area contributed by atoms with Gasteiger partial charge < -0.3 is 9.64 Å². The Morgan fingerprint density at radius 1 is 1.23 bits per heavy atom. The van der Waals surface area contributed by atoms with Crippen LogP contribution in [-0.2, 0) is 0 Å². The summed E-state index contributed by atoms with van der Waals surface area (Å²) in [7, 11) is 1.70. The van der Waals surface area contributed by atoms with Gasteiger partial charge in [-0.1, -0.05) is 29.8 Å². The number of benzene rings is 2. The van der Waals surface area contributed by atoms with Crippen LogP contribution >= 0.6 is 11.6 Å². The first-order valence-corrected chi connectivity index (χ1v) is 9.23. The van der Waals surface area contributed by atoms with Gasteiger partial charge in [-0.25, -0.2) is 0 Å². The highest BCUT2D eigenvalue weighted by Gasteiger charge is 2.31. The number of anilines is 1. The maximum atomic E-state index is 6.21. The number of likely N-dealkylation sites (N-methyl/N-ethyl adjacent to an activating group) is 1. The number of aliphatic imine (C=N–C) groups is 1. The van der Waals surface area contributed by atoms with Crippen molar-refractivity contribution in [1.29, 1.82) is 0 Å². The molecule has 0 saturated carbocycles. The van der Waals surface area contributed by atoms with Crippen molar-refractivity contribution in [2.24, 2.45) is 4.99 Å². The van der Waals surface area contributed by atoms with Gasteiger partial charge in [0.2, 0.25) is 0 Å². The van der Waals surface area contributed by atoms with Gasteiger partial charge in [0.15, 0.2) is 0 Å². The lowest BCUT2D eigenvalue weighted by Gasteiger charge is -2.43. The lowest BCUT2D eigenvalue weighted by Crippen LogP contribution is -2.44. The smallest absolute Gasteiger partial charge is 0.129 e. The molecule has 0 fully saturated rings. The van der Waals surface area contributed by atoms with Crippen LogP contribution in [0.1, 0.15) is 38.8 Å². The third-order valence-electron chi connectivity index (χ3n) is 4.84. The van der Waals surface area contributed by atoms with Crippen molar-refractivity contribution >= 4 is 34.8 Å². The van der Waals surface area contributed by atoms with Crippen LogP contribution in [0.25, 0.3) is 5.57 Å². The molecule has 1 aliphatic rings. The maximum Gasteiger partial charge on any atom is 0.129 e. The van der Waals surface area contributed by atoms with E-state index in [1.54, 1.807) is 7.11 Å². The molecule has 3 rings (SSSR count). The topological polar surface area (TPSA) is 24.8 Å². The summed E-state index contributed by atoms with van der Waals surface area (Å²) in [6, 6.07) is 11.8. The minimum Gasteiger partial charge on any atom is -0.496 e. The van der Waals surface area contributed by atoms with Gasteiger partial charge in [-0.15, -0.1) is 0 Å². The second-order valence-corrected chi connectivity index (χ2v) is 7.45. The predicted molar refractivity (Wildman–Crippen MR) is 112 cm³/mol. The first kappa shape index (κ1) is 18.5. The van der Waals surface area contributed by atoms with Crippen molar-refractivity contribution in [2.45, 2.75) is 33.2 Å². The Morgan fingerprint density at radius 2 is 1.96 bits per heavy atom. The Bertz CT molecular complexity index is 884. The van der Waals surface area contributed by atoms with Crippen LogP contribution in [0.5, 0.6) is 5.75 Å². The number of nitrogens with zero attached hydrogens (tertiary/aromatic N) is 2. The van der Waals surface area contributed by atoms with Crippen molar-refractivity contribution in [3.05, 3.63) is 58.6 Å². The van der Waals surface area contributed by atoms with Gasteiger partial charge >= 0.3 is 0 Å². The fourth-order valence-corrected chi connectivity index (χ4v) is 3.86. The monoisotopic (exact) mass is 368 g/mol. The summed E-state index contributed by atoms with van der Waals surface area (Å²) in [5.41, 5.74) is 5.35. The fraction of sp³-hybridized carbons (Fsp3) is 0.318. The van der Waals surface area contributed by atoms with Gasteiger partial charge in [-0.05, 0) is 51.5 Å². The number of hydrogen-bond acceptors (Lipinski definition) is 3. The van der Waals surface area contributed by atoms with Crippen molar-refractivity contribution in [3.8, 4) is 5.75 Å². The van der Waals surface area contributed by atoms with Crippen LogP contribution < -0.4 is 9.64 Å². The average Bonchev–Trinajstić information content (AvgIpc) is 2.60. The van der Waals surface area contributed by atoms with E-state index < -0.39 is 0 Å². The number of fused-ring (bicyclic) bond motifs is 1. The zero-order chi connectivity index (χ0) is 18.9. The van der Waals surface area contributed by atoms with Gasteiger partial charge in [-0.2, -0.15) is 0 Å². The minimum absolute atomic E-state index is 0.0238. The van der Waals surface area contributed by atoms with Crippen LogP contribution in [0.15, 0.2) is 47.5 Å². The van der Waals surface area contributed by atoms with Crippen LogP contribution in [0, 0.1) is 0 Å². The van der Waals surface area contributed by atoms with E-state index in [4.69, 9.17) is 16.3 Å². The Kier molecular flexibility index (Phi) is 5.10. The van der Waals surface area contributed by atoms with Crippen LogP contribution in [0.3, 0.4) is 0 Å². The molecule has 0 bridgehead atoms. The van der Waals surface area contributed by atoms with Crippen LogP contribution in [0.2, 0.25) is 5.02 Å². The van der Waals surface area contributed by atoms with Crippen LogP contribution in [-0.4, -0.2) is 25.4 Å². The molecular formula is C22H25ClN2O. The molecule has 0 aliphatic carbocycles. The van der Waals surface area contributed by atoms with E-state index in [2.05, 4.69) is 55.8 Å². The Labute approximate surface area is 161 Å².